The first kappa shape index (κ1) is 14.1. The van der Waals surface area contributed by atoms with Crippen LogP contribution in [0.5, 0.6) is 0 Å². The molecule has 3 nitrogen and oxygen atoms in total. The van der Waals surface area contributed by atoms with Gasteiger partial charge in [0.05, 0.1) is 6.10 Å². The Morgan fingerprint density at radius 3 is 3.15 bits per heavy atom. The lowest BCUT2D eigenvalue weighted by Crippen LogP contribution is -2.33. The third kappa shape index (κ3) is 3.40. The van der Waals surface area contributed by atoms with Gasteiger partial charge in [0.25, 0.3) is 0 Å². The van der Waals surface area contributed by atoms with Crippen LogP contribution in [0, 0.1) is 0 Å². The molecule has 3 heteroatoms. The molecule has 1 N–H and O–H groups in total. The van der Waals surface area contributed by atoms with Crippen molar-refractivity contribution in [2.75, 3.05) is 26.7 Å². The van der Waals surface area contributed by atoms with E-state index in [4.69, 9.17) is 4.74 Å². The highest BCUT2D eigenvalue weighted by Crippen LogP contribution is 2.21. The summed E-state index contributed by atoms with van der Waals surface area (Å²) in [6.07, 6.45) is 5.39. The second kappa shape index (κ2) is 6.70. The lowest BCUT2D eigenvalue weighted by atomic mass is 9.95. The summed E-state index contributed by atoms with van der Waals surface area (Å²) in [6.45, 7) is 5.19. The smallest absolute Gasteiger partial charge is 0.0702 e. The molecule has 0 spiro atoms. The molecule has 0 amide bonds. The van der Waals surface area contributed by atoms with E-state index in [2.05, 4.69) is 35.5 Å². The van der Waals surface area contributed by atoms with E-state index in [0.717, 1.165) is 32.8 Å². The van der Waals surface area contributed by atoms with E-state index in [0.29, 0.717) is 6.10 Å². The molecule has 1 unspecified atom stereocenters. The fraction of sp³-hybridized carbons (Fsp3) is 0.647. The minimum Gasteiger partial charge on any atom is -0.377 e. The first-order chi connectivity index (χ1) is 9.83. The van der Waals surface area contributed by atoms with Gasteiger partial charge in [0.1, 0.15) is 0 Å². The van der Waals surface area contributed by atoms with Crippen LogP contribution >= 0.6 is 0 Å². The van der Waals surface area contributed by atoms with Crippen molar-refractivity contribution in [3.05, 3.63) is 34.9 Å². The SMILES string of the molecule is CN(Cc1cccc2c1CCNC2)CC1CCCCO1. The number of nitrogens with one attached hydrogen (secondary N) is 1. The highest BCUT2D eigenvalue weighted by atomic mass is 16.5. The van der Waals surface area contributed by atoms with Crippen molar-refractivity contribution in [2.45, 2.75) is 44.9 Å². The Hall–Kier alpha value is -0.900. The van der Waals surface area contributed by atoms with Crippen molar-refractivity contribution in [3.63, 3.8) is 0 Å². The summed E-state index contributed by atoms with van der Waals surface area (Å²) in [5.74, 6) is 0. The van der Waals surface area contributed by atoms with Crippen molar-refractivity contribution >= 4 is 0 Å². The molecule has 20 heavy (non-hydrogen) atoms. The molecule has 0 saturated carbocycles. The van der Waals surface area contributed by atoms with Crippen LogP contribution in [0.15, 0.2) is 18.2 Å². The van der Waals surface area contributed by atoms with E-state index >= 15 is 0 Å². The predicted octanol–water partition coefficient (Wildman–Crippen LogP) is 2.33. The third-order valence-electron chi connectivity index (χ3n) is 4.47. The number of hydrogen-bond acceptors (Lipinski definition) is 3. The number of fused-ring (bicyclic) bond motifs is 1. The van der Waals surface area contributed by atoms with Gasteiger partial charge >= 0.3 is 0 Å². The molecule has 1 saturated heterocycles. The second-order valence-corrected chi connectivity index (χ2v) is 6.17. The van der Waals surface area contributed by atoms with Gasteiger partial charge in [-0.1, -0.05) is 18.2 Å². The first-order valence-electron chi connectivity index (χ1n) is 7.93. The summed E-state index contributed by atoms with van der Waals surface area (Å²) in [5.41, 5.74) is 4.56. The molecule has 1 aromatic rings. The van der Waals surface area contributed by atoms with Gasteiger partial charge in [-0.15, -0.1) is 0 Å². The fourth-order valence-corrected chi connectivity index (χ4v) is 3.41. The standard InChI is InChI=1S/C17H26N2O/c1-19(13-16-7-2-3-10-20-16)12-15-6-4-5-14-11-18-9-8-17(14)15/h4-6,16,18H,2-3,7-13H2,1H3. The number of likely N-dealkylation sites (N-methyl/N-ethyl adjacent to an activating group) is 1. The van der Waals surface area contributed by atoms with Crippen LogP contribution in [0.3, 0.4) is 0 Å². The van der Waals surface area contributed by atoms with E-state index in [1.807, 2.05) is 0 Å². The van der Waals surface area contributed by atoms with E-state index in [1.165, 1.54) is 36.8 Å². The van der Waals surface area contributed by atoms with Gasteiger partial charge in [-0.2, -0.15) is 0 Å². The number of ether oxygens (including phenoxy) is 1. The van der Waals surface area contributed by atoms with Crippen LogP contribution in [0.1, 0.15) is 36.0 Å². The van der Waals surface area contributed by atoms with Gasteiger partial charge in [0.2, 0.25) is 0 Å². The van der Waals surface area contributed by atoms with Gasteiger partial charge in [0.15, 0.2) is 0 Å². The maximum absolute atomic E-state index is 5.85. The first-order valence-corrected chi connectivity index (χ1v) is 7.93. The van der Waals surface area contributed by atoms with Crippen molar-refractivity contribution in [1.82, 2.24) is 10.2 Å². The van der Waals surface area contributed by atoms with Crippen LogP contribution in [0.25, 0.3) is 0 Å². The molecular formula is C17H26N2O. The summed E-state index contributed by atoms with van der Waals surface area (Å²) in [7, 11) is 2.22. The number of nitrogens with zero attached hydrogens (tertiary/aromatic N) is 1. The molecule has 2 aliphatic rings. The summed E-state index contributed by atoms with van der Waals surface area (Å²) in [4.78, 5) is 2.42. The largest absolute Gasteiger partial charge is 0.377 e. The number of rotatable bonds is 4. The summed E-state index contributed by atoms with van der Waals surface area (Å²) in [6, 6.07) is 6.75. The zero-order chi connectivity index (χ0) is 13.8. The fourth-order valence-electron chi connectivity index (χ4n) is 3.41. The molecule has 3 rings (SSSR count). The second-order valence-electron chi connectivity index (χ2n) is 6.17. The van der Waals surface area contributed by atoms with Crippen LogP contribution in [-0.2, 0) is 24.2 Å². The monoisotopic (exact) mass is 274 g/mol. The quantitative estimate of drug-likeness (QED) is 0.912. The number of benzene rings is 1. The number of hydrogen-bond donors (Lipinski definition) is 1. The van der Waals surface area contributed by atoms with E-state index in [-0.39, 0.29) is 0 Å². The summed E-state index contributed by atoms with van der Waals surface area (Å²) >= 11 is 0. The van der Waals surface area contributed by atoms with Gasteiger partial charge in [-0.3, -0.25) is 4.90 Å². The molecule has 2 aliphatic heterocycles. The zero-order valence-corrected chi connectivity index (χ0v) is 12.5. The molecular weight excluding hydrogens is 248 g/mol. The third-order valence-corrected chi connectivity index (χ3v) is 4.47. The lowest BCUT2D eigenvalue weighted by Gasteiger charge is -2.28. The molecule has 1 atom stereocenters. The molecule has 0 radical (unpaired) electrons. The molecule has 110 valence electrons. The molecule has 0 aromatic heterocycles. The Morgan fingerprint density at radius 1 is 1.35 bits per heavy atom. The predicted molar refractivity (Wildman–Crippen MR) is 81.8 cm³/mol. The van der Waals surface area contributed by atoms with E-state index in [1.54, 1.807) is 5.56 Å². The molecule has 0 bridgehead atoms. The normalized spacial score (nSPS) is 22.8. The van der Waals surface area contributed by atoms with Crippen LogP contribution in [0.4, 0.5) is 0 Å². The lowest BCUT2D eigenvalue weighted by molar-refractivity contribution is -0.00263. The Morgan fingerprint density at radius 2 is 2.30 bits per heavy atom. The summed E-state index contributed by atoms with van der Waals surface area (Å²) < 4.78 is 5.85. The minimum atomic E-state index is 0.440. The Kier molecular flexibility index (Phi) is 4.71. The highest BCUT2D eigenvalue weighted by molar-refractivity contribution is 5.36. The van der Waals surface area contributed by atoms with Crippen molar-refractivity contribution < 1.29 is 4.74 Å². The zero-order valence-electron chi connectivity index (χ0n) is 12.5. The Labute approximate surface area is 122 Å². The molecule has 1 aromatic carbocycles. The van der Waals surface area contributed by atoms with Crippen LogP contribution in [0.2, 0.25) is 0 Å². The Bertz CT molecular complexity index is 441. The van der Waals surface area contributed by atoms with Crippen LogP contribution in [-0.4, -0.2) is 37.7 Å². The van der Waals surface area contributed by atoms with Gasteiger partial charge in [0, 0.05) is 26.2 Å². The minimum absolute atomic E-state index is 0.440. The van der Waals surface area contributed by atoms with Crippen molar-refractivity contribution in [3.8, 4) is 0 Å². The maximum Gasteiger partial charge on any atom is 0.0702 e. The van der Waals surface area contributed by atoms with Crippen molar-refractivity contribution in [1.29, 1.82) is 0 Å². The van der Waals surface area contributed by atoms with Gasteiger partial charge in [-0.05, 0) is 56.0 Å². The maximum atomic E-state index is 5.85. The van der Waals surface area contributed by atoms with Gasteiger partial charge in [-0.25, -0.2) is 0 Å². The summed E-state index contributed by atoms with van der Waals surface area (Å²) in [5, 5.41) is 3.45. The topological polar surface area (TPSA) is 24.5 Å². The van der Waals surface area contributed by atoms with Gasteiger partial charge < -0.3 is 10.1 Å². The molecule has 1 fully saturated rings. The Balaban J connectivity index is 1.62. The van der Waals surface area contributed by atoms with E-state index < -0.39 is 0 Å². The van der Waals surface area contributed by atoms with Crippen molar-refractivity contribution in [2.24, 2.45) is 0 Å². The highest BCUT2D eigenvalue weighted by Gasteiger charge is 2.18. The average molecular weight is 274 g/mol. The molecule has 0 aliphatic carbocycles. The molecule has 2 heterocycles. The average Bonchev–Trinajstić information content (AvgIpc) is 2.48. The van der Waals surface area contributed by atoms with Crippen LogP contribution < -0.4 is 5.32 Å². The van der Waals surface area contributed by atoms with E-state index in [9.17, 15) is 0 Å².